The Morgan fingerprint density at radius 2 is 1.72 bits per heavy atom. The number of benzene rings is 2. The number of thiazole rings is 1. The van der Waals surface area contributed by atoms with Crippen LogP contribution in [-0.4, -0.2) is 27.2 Å². The number of nitrogens with zero attached hydrogens (tertiary/aromatic N) is 2. The summed E-state index contributed by atoms with van der Waals surface area (Å²) in [6.07, 6.45) is 0. The fourth-order valence-corrected chi connectivity index (χ4v) is 4.85. The highest BCUT2D eigenvalue weighted by atomic mass is 32.2. The molecule has 0 radical (unpaired) electrons. The number of aromatic nitrogens is 1. The van der Waals surface area contributed by atoms with Crippen molar-refractivity contribution in [1.29, 1.82) is 0 Å². The third-order valence-electron chi connectivity index (χ3n) is 3.74. The first-order valence-corrected chi connectivity index (χ1v) is 9.87. The molecule has 0 bridgehead atoms. The van der Waals surface area contributed by atoms with E-state index in [2.05, 4.69) is 4.40 Å². The number of hydrogen-bond acceptors (Lipinski definition) is 5. The molecule has 0 aliphatic heterocycles. The Morgan fingerprint density at radius 3 is 2.32 bits per heavy atom. The molecule has 0 aliphatic carbocycles. The standard InChI is InChI=1S/C17H18N2O4S2/c1-4-19-13-10-14(22-2)15(23-3)11-16(13)24-17(19)18-25(20,21)12-8-6-5-7-9-12/h5-11H,4H2,1-3H3. The molecular formula is C17H18N2O4S2. The SMILES string of the molecule is CCn1c(=NS(=O)(=O)c2ccccc2)sc2cc(OC)c(OC)cc21. The summed E-state index contributed by atoms with van der Waals surface area (Å²) >= 11 is 1.30. The monoisotopic (exact) mass is 378 g/mol. The maximum Gasteiger partial charge on any atom is 0.285 e. The van der Waals surface area contributed by atoms with E-state index in [4.69, 9.17) is 9.47 Å². The summed E-state index contributed by atoms with van der Waals surface area (Å²) in [5.41, 5.74) is 0.854. The Balaban J connectivity index is 2.26. The van der Waals surface area contributed by atoms with Gasteiger partial charge in [0.2, 0.25) is 4.80 Å². The fraction of sp³-hybridized carbons (Fsp3) is 0.235. The Bertz CT molecular complexity index is 1070. The van der Waals surface area contributed by atoms with E-state index in [0.717, 1.165) is 10.2 Å². The highest BCUT2D eigenvalue weighted by Crippen LogP contribution is 2.33. The quantitative estimate of drug-likeness (QED) is 0.684. The maximum absolute atomic E-state index is 12.6. The average molecular weight is 378 g/mol. The number of aryl methyl sites for hydroxylation is 1. The van der Waals surface area contributed by atoms with Gasteiger partial charge in [0.15, 0.2) is 11.5 Å². The predicted molar refractivity (Wildman–Crippen MR) is 97.8 cm³/mol. The molecule has 0 amide bonds. The molecule has 25 heavy (non-hydrogen) atoms. The lowest BCUT2D eigenvalue weighted by atomic mass is 10.3. The van der Waals surface area contributed by atoms with Gasteiger partial charge >= 0.3 is 0 Å². The molecule has 0 aliphatic rings. The van der Waals surface area contributed by atoms with Crippen LogP contribution < -0.4 is 14.3 Å². The number of hydrogen-bond donors (Lipinski definition) is 0. The lowest BCUT2D eigenvalue weighted by molar-refractivity contribution is 0.355. The minimum atomic E-state index is -3.77. The summed E-state index contributed by atoms with van der Waals surface area (Å²) in [5, 5.41) is 0. The Labute approximate surface area is 150 Å². The highest BCUT2D eigenvalue weighted by Gasteiger charge is 2.15. The Morgan fingerprint density at radius 1 is 1.08 bits per heavy atom. The van der Waals surface area contributed by atoms with Gasteiger partial charge in [-0.05, 0) is 19.1 Å². The second-order valence-electron chi connectivity index (χ2n) is 5.18. The molecule has 0 spiro atoms. The van der Waals surface area contributed by atoms with E-state index in [0.29, 0.717) is 22.8 Å². The van der Waals surface area contributed by atoms with Crippen molar-refractivity contribution in [3.8, 4) is 11.5 Å². The normalized spacial score (nSPS) is 12.5. The first-order valence-electron chi connectivity index (χ1n) is 7.61. The molecule has 0 unspecified atom stereocenters. The zero-order chi connectivity index (χ0) is 18.0. The first-order chi connectivity index (χ1) is 12.0. The number of sulfonamides is 1. The van der Waals surface area contributed by atoms with Crippen molar-refractivity contribution >= 4 is 31.6 Å². The fourth-order valence-electron chi connectivity index (χ4n) is 2.52. The van der Waals surface area contributed by atoms with Crippen LogP contribution in [0.3, 0.4) is 0 Å². The zero-order valence-corrected chi connectivity index (χ0v) is 15.7. The average Bonchev–Trinajstić information content (AvgIpc) is 2.96. The number of rotatable bonds is 5. The van der Waals surface area contributed by atoms with E-state index in [1.54, 1.807) is 32.4 Å². The van der Waals surface area contributed by atoms with Gasteiger partial charge < -0.3 is 14.0 Å². The summed E-state index contributed by atoms with van der Waals surface area (Å²) in [6.45, 7) is 2.52. The molecule has 0 atom stereocenters. The second kappa shape index (κ2) is 6.89. The summed E-state index contributed by atoms with van der Waals surface area (Å²) in [4.78, 5) is 0.585. The van der Waals surface area contributed by atoms with Gasteiger partial charge in [-0.1, -0.05) is 29.5 Å². The van der Waals surface area contributed by atoms with Crippen molar-refractivity contribution in [2.45, 2.75) is 18.4 Å². The number of ether oxygens (including phenoxy) is 2. The van der Waals surface area contributed by atoms with E-state index < -0.39 is 10.0 Å². The molecule has 6 nitrogen and oxygen atoms in total. The van der Waals surface area contributed by atoms with Gasteiger partial charge in [0.25, 0.3) is 10.0 Å². The summed E-state index contributed by atoms with van der Waals surface area (Å²) in [7, 11) is -0.640. The summed E-state index contributed by atoms with van der Waals surface area (Å²) in [5.74, 6) is 1.18. The topological polar surface area (TPSA) is 69.9 Å². The molecule has 0 saturated heterocycles. The van der Waals surface area contributed by atoms with Crippen LogP contribution in [0.15, 0.2) is 51.8 Å². The van der Waals surface area contributed by atoms with Crippen LogP contribution >= 0.6 is 11.3 Å². The Kier molecular flexibility index (Phi) is 4.82. The largest absolute Gasteiger partial charge is 0.493 e. The van der Waals surface area contributed by atoms with Gasteiger partial charge in [-0.15, -0.1) is 4.40 Å². The number of fused-ring (bicyclic) bond motifs is 1. The van der Waals surface area contributed by atoms with Crippen LogP contribution in [0.1, 0.15) is 6.92 Å². The van der Waals surface area contributed by atoms with Gasteiger partial charge in [-0.2, -0.15) is 8.42 Å². The molecule has 0 saturated carbocycles. The van der Waals surface area contributed by atoms with E-state index in [9.17, 15) is 8.42 Å². The van der Waals surface area contributed by atoms with Crippen LogP contribution in [0.25, 0.3) is 10.2 Å². The second-order valence-corrected chi connectivity index (χ2v) is 7.80. The van der Waals surface area contributed by atoms with Gasteiger partial charge in [-0.25, -0.2) is 0 Å². The molecule has 3 rings (SSSR count). The molecule has 0 fully saturated rings. The third kappa shape index (κ3) is 3.27. The lowest BCUT2D eigenvalue weighted by Crippen LogP contribution is -2.16. The molecule has 1 heterocycles. The van der Waals surface area contributed by atoms with Crippen LogP contribution in [-0.2, 0) is 16.6 Å². The molecule has 132 valence electrons. The zero-order valence-electron chi connectivity index (χ0n) is 14.1. The van der Waals surface area contributed by atoms with Gasteiger partial charge in [0, 0.05) is 18.7 Å². The van der Waals surface area contributed by atoms with Crippen molar-refractivity contribution < 1.29 is 17.9 Å². The van der Waals surface area contributed by atoms with Gasteiger partial charge in [-0.3, -0.25) is 0 Å². The van der Waals surface area contributed by atoms with E-state index >= 15 is 0 Å². The van der Waals surface area contributed by atoms with E-state index in [1.807, 2.05) is 23.6 Å². The number of methoxy groups -OCH3 is 2. The molecule has 2 aromatic carbocycles. The van der Waals surface area contributed by atoms with Gasteiger partial charge in [0.1, 0.15) is 0 Å². The van der Waals surface area contributed by atoms with Crippen LogP contribution in [0, 0.1) is 0 Å². The first kappa shape index (κ1) is 17.5. The van der Waals surface area contributed by atoms with Crippen molar-refractivity contribution in [2.75, 3.05) is 14.2 Å². The van der Waals surface area contributed by atoms with E-state index in [1.165, 1.54) is 23.5 Å². The van der Waals surface area contributed by atoms with E-state index in [-0.39, 0.29) is 4.90 Å². The summed E-state index contributed by atoms with van der Waals surface area (Å²) < 4.78 is 42.6. The smallest absolute Gasteiger partial charge is 0.285 e. The molecule has 8 heteroatoms. The predicted octanol–water partition coefficient (Wildman–Crippen LogP) is 3.03. The molecule has 3 aromatic rings. The molecule has 1 aromatic heterocycles. The van der Waals surface area contributed by atoms with Crippen molar-refractivity contribution in [1.82, 2.24) is 4.57 Å². The van der Waals surface area contributed by atoms with Crippen molar-refractivity contribution in [3.05, 3.63) is 47.3 Å². The van der Waals surface area contributed by atoms with Crippen molar-refractivity contribution in [2.24, 2.45) is 4.40 Å². The van der Waals surface area contributed by atoms with Crippen LogP contribution in [0.2, 0.25) is 0 Å². The third-order valence-corrected chi connectivity index (χ3v) is 6.18. The summed E-state index contributed by atoms with van der Waals surface area (Å²) in [6, 6.07) is 11.9. The lowest BCUT2D eigenvalue weighted by Gasteiger charge is -2.08. The maximum atomic E-state index is 12.6. The Hall–Kier alpha value is -2.32. The molecule has 0 N–H and O–H groups in total. The van der Waals surface area contributed by atoms with Crippen LogP contribution in [0.5, 0.6) is 11.5 Å². The minimum absolute atomic E-state index is 0.172. The minimum Gasteiger partial charge on any atom is -0.493 e. The highest BCUT2D eigenvalue weighted by molar-refractivity contribution is 7.90. The van der Waals surface area contributed by atoms with Gasteiger partial charge in [0.05, 0.1) is 29.3 Å². The van der Waals surface area contributed by atoms with Crippen LogP contribution in [0.4, 0.5) is 0 Å². The molecular weight excluding hydrogens is 360 g/mol. The van der Waals surface area contributed by atoms with Crippen molar-refractivity contribution in [3.63, 3.8) is 0 Å².